The van der Waals surface area contributed by atoms with E-state index in [9.17, 15) is 14.7 Å². The van der Waals surface area contributed by atoms with Crippen molar-refractivity contribution in [2.24, 2.45) is 0 Å². The maximum atomic E-state index is 12.1. The van der Waals surface area contributed by atoms with Crippen molar-refractivity contribution < 1.29 is 24.4 Å². The summed E-state index contributed by atoms with van der Waals surface area (Å²) < 4.78 is 18.4. The molecule has 3 N–H and O–H groups in total. The Morgan fingerprint density at radius 2 is 1.96 bits per heavy atom. The van der Waals surface area contributed by atoms with Crippen LogP contribution in [0.4, 0.5) is 0 Å². The summed E-state index contributed by atoms with van der Waals surface area (Å²) >= 11 is 0. The zero-order valence-electron chi connectivity index (χ0n) is 12.9. The van der Waals surface area contributed by atoms with Crippen LogP contribution >= 0.6 is 0 Å². The van der Waals surface area contributed by atoms with Gasteiger partial charge in [-0.25, -0.2) is 4.79 Å². The van der Waals surface area contributed by atoms with Crippen molar-refractivity contribution in [1.29, 1.82) is 0 Å². The van der Waals surface area contributed by atoms with Gasteiger partial charge in [-0.1, -0.05) is 0 Å². The maximum Gasteiger partial charge on any atom is 0.330 e. The van der Waals surface area contributed by atoms with E-state index in [-0.39, 0.29) is 25.2 Å². The Morgan fingerprint density at radius 1 is 1.26 bits per heavy atom. The summed E-state index contributed by atoms with van der Waals surface area (Å²) in [6.07, 6.45) is -1.10. The molecule has 0 aliphatic carbocycles. The van der Waals surface area contributed by atoms with Crippen LogP contribution in [0.1, 0.15) is 25.6 Å². The first-order valence-electron chi connectivity index (χ1n) is 7.43. The third-order valence-electron chi connectivity index (χ3n) is 4.00. The predicted molar refractivity (Wildman–Crippen MR) is 76.9 cm³/mol. The third kappa shape index (κ3) is 2.86. The zero-order valence-corrected chi connectivity index (χ0v) is 12.9. The quantitative estimate of drug-likeness (QED) is 0.613. The fraction of sp³-hybridized carbons (Fsp3) is 0.714. The fourth-order valence-corrected chi connectivity index (χ4v) is 3.04. The minimum atomic E-state index is -0.857. The van der Waals surface area contributed by atoms with Crippen molar-refractivity contribution in [3.8, 4) is 0 Å². The molecular weight excluding hydrogens is 308 g/mol. The second-order valence-electron chi connectivity index (χ2n) is 6.11. The SMILES string of the molecule is CC1(C)O[C@@H]2[C@H](O1)[C@@H](CO)O[C@H]2n1cc(CCO)c(=O)[nH]c1=O. The number of aromatic nitrogens is 2. The molecule has 9 nitrogen and oxygen atoms in total. The monoisotopic (exact) mass is 328 g/mol. The Morgan fingerprint density at radius 3 is 2.61 bits per heavy atom. The average Bonchev–Trinajstić information content (AvgIpc) is 2.95. The van der Waals surface area contributed by atoms with Gasteiger partial charge in [0.05, 0.1) is 6.61 Å². The Balaban J connectivity index is 2.00. The Kier molecular flexibility index (Phi) is 4.15. The van der Waals surface area contributed by atoms with Gasteiger partial charge in [-0.15, -0.1) is 0 Å². The molecular formula is C14H20N2O7. The van der Waals surface area contributed by atoms with Crippen molar-refractivity contribution in [1.82, 2.24) is 9.55 Å². The van der Waals surface area contributed by atoms with Crippen molar-refractivity contribution in [3.63, 3.8) is 0 Å². The van der Waals surface area contributed by atoms with Crippen LogP contribution in [0.25, 0.3) is 0 Å². The summed E-state index contributed by atoms with van der Waals surface area (Å²) in [7, 11) is 0. The molecule has 9 heteroatoms. The largest absolute Gasteiger partial charge is 0.396 e. The first-order valence-corrected chi connectivity index (χ1v) is 7.43. The number of nitrogens with one attached hydrogen (secondary N) is 1. The highest BCUT2D eigenvalue weighted by Gasteiger charge is 2.55. The summed E-state index contributed by atoms with van der Waals surface area (Å²) in [5, 5.41) is 18.5. The molecule has 0 bridgehead atoms. The minimum absolute atomic E-state index is 0.114. The number of aliphatic hydroxyl groups excluding tert-OH is 2. The van der Waals surface area contributed by atoms with Crippen LogP contribution in [0.3, 0.4) is 0 Å². The first-order chi connectivity index (χ1) is 10.9. The van der Waals surface area contributed by atoms with E-state index in [0.29, 0.717) is 0 Å². The van der Waals surface area contributed by atoms with Crippen molar-refractivity contribution in [2.45, 2.75) is 50.6 Å². The minimum Gasteiger partial charge on any atom is -0.396 e. The average molecular weight is 328 g/mol. The number of aromatic amines is 1. The highest BCUT2D eigenvalue weighted by molar-refractivity contribution is 5.07. The van der Waals surface area contributed by atoms with Gasteiger partial charge in [0.2, 0.25) is 0 Å². The molecule has 2 saturated heterocycles. The number of rotatable bonds is 4. The lowest BCUT2D eigenvalue weighted by atomic mass is 10.1. The molecule has 0 aromatic carbocycles. The number of hydrogen-bond donors (Lipinski definition) is 3. The summed E-state index contributed by atoms with van der Waals surface area (Å²) in [5.74, 6) is -0.857. The van der Waals surface area contributed by atoms with Gasteiger partial charge < -0.3 is 24.4 Å². The van der Waals surface area contributed by atoms with Crippen LogP contribution < -0.4 is 11.2 Å². The van der Waals surface area contributed by atoms with E-state index in [2.05, 4.69) is 4.98 Å². The Bertz CT molecular complexity index is 695. The molecule has 0 saturated carbocycles. The van der Waals surface area contributed by atoms with Crippen LogP contribution in [0, 0.1) is 0 Å². The summed E-state index contributed by atoms with van der Waals surface area (Å²) in [6, 6.07) is 0. The second kappa shape index (κ2) is 5.84. The van der Waals surface area contributed by atoms with Gasteiger partial charge >= 0.3 is 5.69 Å². The van der Waals surface area contributed by atoms with Crippen molar-refractivity contribution >= 4 is 0 Å². The number of nitrogens with zero attached hydrogens (tertiary/aromatic N) is 1. The van der Waals surface area contributed by atoms with Crippen LogP contribution in [-0.2, 0) is 20.6 Å². The zero-order chi connectivity index (χ0) is 16.8. The summed E-state index contributed by atoms with van der Waals surface area (Å²) in [4.78, 5) is 26.1. The standard InChI is InChI=1S/C14H20N2O7/c1-14(2)22-9-8(6-18)21-12(10(9)23-14)16-5-7(3-4-17)11(19)15-13(16)20/h5,8-10,12,17-18H,3-4,6H2,1-2H3,(H,15,19,20)/t8-,9-,10-,12-/m1/s1. The topological polar surface area (TPSA) is 123 Å². The van der Waals surface area contributed by atoms with E-state index in [1.807, 2.05) is 0 Å². The van der Waals surface area contributed by atoms with Crippen molar-refractivity contribution in [3.05, 3.63) is 32.6 Å². The van der Waals surface area contributed by atoms with Gasteiger partial charge in [0.25, 0.3) is 5.56 Å². The lowest BCUT2D eigenvalue weighted by Crippen LogP contribution is -2.38. The third-order valence-corrected chi connectivity index (χ3v) is 4.00. The van der Waals surface area contributed by atoms with Gasteiger partial charge in [0.1, 0.15) is 18.3 Å². The van der Waals surface area contributed by atoms with Crippen LogP contribution in [0.15, 0.2) is 15.8 Å². The van der Waals surface area contributed by atoms with E-state index in [0.717, 1.165) is 0 Å². The number of fused-ring (bicyclic) bond motifs is 1. The predicted octanol–water partition coefficient (Wildman–Crippen LogP) is -1.52. The number of H-pyrrole nitrogens is 1. The molecule has 1 aromatic rings. The normalized spacial score (nSPS) is 32.2. The number of aliphatic hydroxyl groups is 2. The lowest BCUT2D eigenvalue weighted by Gasteiger charge is -2.24. The van der Waals surface area contributed by atoms with Crippen LogP contribution in [0.5, 0.6) is 0 Å². The molecule has 23 heavy (non-hydrogen) atoms. The van der Waals surface area contributed by atoms with E-state index in [4.69, 9.17) is 19.3 Å². The van der Waals surface area contributed by atoms with Crippen molar-refractivity contribution in [2.75, 3.05) is 13.2 Å². The molecule has 0 amide bonds. The molecule has 2 aliphatic heterocycles. The number of ether oxygens (including phenoxy) is 3. The lowest BCUT2D eigenvalue weighted by molar-refractivity contribution is -0.200. The van der Waals surface area contributed by atoms with Gasteiger partial charge in [-0.2, -0.15) is 0 Å². The maximum absolute atomic E-state index is 12.1. The smallest absolute Gasteiger partial charge is 0.330 e. The van der Waals surface area contributed by atoms with E-state index in [1.54, 1.807) is 13.8 Å². The van der Waals surface area contributed by atoms with Crippen LogP contribution in [0.2, 0.25) is 0 Å². The molecule has 1 aromatic heterocycles. The highest BCUT2D eigenvalue weighted by atomic mass is 16.8. The molecule has 128 valence electrons. The molecule has 3 rings (SSSR count). The van der Waals surface area contributed by atoms with E-state index >= 15 is 0 Å². The molecule has 0 spiro atoms. The second-order valence-corrected chi connectivity index (χ2v) is 6.11. The molecule has 0 radical (unpaired) electrons. The molecule has 3 heterocycles. The van der Waals surface area contributed by atoms with Gasteiger partial charge in [-0.3, -0.25) is 14.3 Å². The van der Waals surface area contributed by atoms with Gasteiger partial charge in [0.15, 0.2) is 12.0 Å². The van der Waals surface area contributed by atoms with Gasteiger partial charge in [-0.05, 0) is 13.8 Å². The molecule has 2 aliphatic rings. The Labute approximate surface area is 131 Å². The fourth-order valence-electron chi connectivity index (χ4n) is 3.04. The number of hydrogen-bond acceptors (Lipinski definition) is 7. The summed E-state index contributed by atoms with van der Waals surface area (Å²) in [6.45, 7) is 2.98. The van der Waals surface area contributed by atoms with E-state index < -0.39 is 41.6 Å². The Hall–Kier alpha value is -1.52. The first kappa shape index (κ1) is 16.3. The molecule has 2 fully saturated rings. The molecule has 4 atom stereocenters. The molecule has 0 unspecified atom stereocenters. The summed E-state index contributed by atoms with van der Waals surface area (Å²) in [5.41, 5.74) is -0.928. The van der Waals surface area contributed by atoms with E-state index in [1.165, 1.54) is 10.8 Å². The van der Waals surface area contributed by atoms with Crippen LogP contribution in [-0.4, -0.2) is 57.1 Å². The highest BCUT2D eigenvalue weighted by Crippen LogP contribution is 2.42. The van der Waals surface area contributed by atoms with Gasteiger partial charge in [0, 0.05) is 24.8 Å².